The fourth-order valence-corrected chi connectivity index (χ4v) is 9.81. The summed E-state index contributed by atoms with van der Waals surface area (Å²) in [6.45, 7) is 7.71. The number of nitro benzene ring substituents is 2. The highest BCUT2D eigenvalue weighted by atomic mass is 31.2. The Labute approximate surface area is 389 Å². The number of H-pyrrole nitrogens is 2. The van der Waals surface area contributed by atoms with E-state index in [2.05, 4.69) is 82.8 Å². The molecular weight excluding hydrogens is 880 g/mol. The molecule has 0 saturated heterocycles. The number of nitrogens with one attached hydrogen (secondary N) is 2. The number of hydrogen-bond acceptors (Lipinski definition) is 9. The molecule has 0 unspecified atom stereocenters. The standard InChI is InChI=1S/C24H14N2O5.C24H14N2O.C6H15O3P/c27-25(28)21-13-3-1-7-15(21)17-9-5-11-19-20-12-6-10-18(24(20)31-23(17)19)16-8-2-4-14-22(16)26(29)30;1-3-7-17-15(5-1)21-19(25-17)11-9-13-14-10-12-20-22(24(14)27-23(13)21)16-6-2-4-8-18(16)26-20;1-4-7-10(8-5-2)9-6-3/h1-14H;1-12,25-26H;4-6H2,1-3H3. The molecule has 8 aromatic carbocycles. The molecule has 0 aliphatic heterocycles. The van der Waals surface area contributed by atoms with Crippen LogP contribution < -0.4 is 0 Å². The average Bonchev–Trinajstić information content (AvgIpc) is 4.14. The first-order valence-corrected chi connectivity index (χ1v) is 23.2. The number of hydrogen-bond donors (Lipinski definition) is 2. The predicted octanol–water partition coefficient (Wildman–Crippen LogP) is 15.9. The molecule has 0 spiro atoms. The maximum Gasteiger partial charge on any atom is 0.332 e. The zero-order chi connectivity index (χ0) is 46.9. The lowest BCUT2D eigenvalue weighted by atomic mass is 9.99. The minimum atomic E-state index is -1.06. The predicted molar refractivity (Wildman–Crippen MR) is 272 cm³/mol. The van der Waals surface area contributed by atoms with E-state index < -0.39 is 18.4 Å². The molecule has 12 rings (SSSR count). The summed E-state index contributed by atoms with van der Waals surface area (Å²) in [6.07, 6.45) is 0. The van der Waals surface area contributed by atoms with Gasteiger partial charge in [0.05, 0.1) is 62.6 Å². The van der Waals surface area contributed by atoms with Crippen molar-refractivity contribution < 1.29 is 32.3 Å². The lowest BCUT2D eigenvalue weighted by Gasteiger charge is -2.12. The Kier molecular flexibility index (Phi) is 12.1. The van der Waals surface area contributed by atoms with Gasteiger partial charge in [-0.05, 0) is 69.3 Å². The number of fused-ring (bicyclic) bond motifs is 14. The van der Waals surface area contributed by atoms with Crippen molar-refractivity contribution in [2.24, 2.45) is 0 Å². The molecule has 0 saturated carbocycles. The van der Waals surface area contributed by atoms with Gasteiger partial charge < -0.3 is 32.4 Å². The summed E-state index contributed by atoms with van der Waals surface area (Å²) in [6, 6.07) is 49.4. The van der Waals surface area contributed by atoms with Crippen molar-refractivity contribution >= 4 is 107 Å². The number of aromatic nitrogens is 2. The second-order valence-corrected chi connectivity index (χ2v) is 16.9. The monoisotopic (exact) mass is 922 g/mol. The van der Waals surface area contributed by atoms with E-state index in [1.807, 2.05) is 45.0 Å². The van der Waals surface area contributed by atoms with Crippen LogP contribution in [0.2, 0.25) is 0 Å². The molecule has 68 heavy (non-hydrogen) atoms. The van der Waals surface area contributed by atoms with Crippen LogP contribution in [-0.2, 0) is 13.6 Å². The first kappa shape index (κ1) is 43.9. The quantitative estimate of drug-likeness (QED) is 0.0769. The highest BCUT2D eigenvalue weighted by Gasteiger charge is 2.23. The van der Waals surface area contributed by atoms with E-state index in [1.54, 1.807) is 48.5 Å². The Morgan fingerprint density at radius 2 is 0.765 bits per heavy atom. The number of rotatable bonds is 10. The molecule has 4 aromatic heterocycles. The van der Waals surface area contributed by atoms with Crippen LogP contribution in [0.15, 0.2) is 167 Å². The van der Waals surface area contributed by atoms with Gasteiger partial charge >= 0.3 is 8.60 Å². The number of para-hydroxylation sites is 6. The van der Waals surface area contributed by atoms with Gasteiger partial charge in [0.25, 0.3) is 11.4 Å². The number of nitrogens with zero attached hydrogens (tertiary/aromatic N) is 2. The zero-order valence-corrected chi connectivity index (χ0v) is 38.0. The molecule has 13 nitrogen and oxygen atoms in total. The molecular formula is C54H43N4O9P. The van der Waals surface area contributed by atoms with Gasteiger partial charge in [-0.1, -0.05) is 97.1 Å². The maximum absolute atomic E-state index is 11.6. The van der Waals surface area contributed by atoms with Crippen LogP contribution >= 0.6 is 8.60 Å². The molecule has 0 fully saturated rings. The van der Waals surface area contributed by atoms with Crippen molar-refractivity contribution in [3.8, 4) is 22.3 Å². The summed E-state index contributed by atoms with van der Waals surface area (Å²) < 4.78 is 28.2. The summed E-state index contributed by atoms with van der Waals surface area (Å²) in [7, 11) is -1.06. The van der Waals surface area contributed by atoms with Crippen LogP contribution in [0.25, 0.3) is 110 Å². The number of benzene rings is 8. The number of aromatic amines is 2. The molecule has 0 atom stereocenters. The van der Waals surface area contributed by atoms with E-state index in [0.29, 0.717) is 53.2 Å². The largest absolute Gasteiger partial charge is 0.455 e. The van der Waals surface area contributed by atoms with E-state index in [9.17, 15) is 20.2 Å². The third-order valence-corrected chi connectivity index (χ3v) is 13.2. The minimum Gasteiger partial charge on any atom is -0.455 e. The van der Waals surface area contributed by atoms with Crippen molar-refractivity contribution in [1.29, 1.82) is 0 Å². The summed E-state index contributed by atoms with van der Waals surface area (Å²) >= 11 is 0. The summed E-state index contributed by atoms with van der Waals surface area (Å²) in [5.74, 6) is 0. The molecule has 2 N–H and O–H groups in total. The second-order valence-electron chi connectivity index (χ2n) is 15.7. The lowest BCUT2D eigenvalue weighted by molar-refractivity contribution is -0.384. The zero-order valence-electron chi connectivity index (χ0n) is 37.1. The van der Waals surface area contributed by atoms with Gasteiger partial charge in [-0.15, -0.1) is 0 Å². The molecule has 14 heteroatoms. The normalized spacial score (nSPS) is 11.6. The Hall–Kier alpha value is -7.93. The van der Waals surface area contributed by atoms with Crippen molar-refractivity contribution in [3.05, 3.63) is 178 Å². The van der Waals surface area contributed by atoms with Gasteiger partial charge in [0.1, 0.15) is 22.3 Å². The number of furan rings is 2. The van der Waals surface area contributed by atoms with Crippen LogP contribution in [0.3, 0.4) is 0 Å². The van der Waals surface area contributed by atoms with Gasteiger partial charge in [-0.25, -0.2) is 0 Å². The SMILES string of the molecule is CCOP(OCC)OCC.O=[N+]([O-])c1ccccc1-c1cccc2c1oc1c(-c3ccccc3[N+](=O)[O-])cccc12.c1ccc2c(c1)[nH]c1ccc3c4ccc5[nH]c6ccccc6c5c4oc3c12. The molecule has 338 valence electrons. The van der Waals surface area contributed by atoms with Crippen molar-refractivity contribution in [2.45, 2.75) is 20.8 Å². The van der Waals surface area contributed by atoms with E-state index in [0.717, 1.165) is 65.6 Å². The van der Waals surface area contributed by atoms with Gasteiger partial charge in [-0.2, -0.15) is 0 Å². The topological polar surface area (TPSA) is 172 Å². The van der Waals surface area contributed by atoms with Crippen LogP contribution in [0, 0.1) is 20.2 Å². The fraction of sp³-hybridized carbons (Fsp3) is 0.111. The van der Waals surface area contributed by atoms with Gasteiger partial charge in [-0.3, -0.25) is 20.2 Å². The molecule has 0 aliphatic carbocycles. The van der Waals surface area contributed by atoms with Crippen LogP contribution in [0.1, 0.15) is 20.8 Å². The third-order valence-electron chi connectivity index (χ3n) is 11.8. The third kappa shape index (κ3) is 7.87. The van der Waals surface area contributed by atoms with Gasteiger partial charge in [0.2, 0.25) is 0 Å². The maximum atomic E-state index is 11.6. The molecule has 12 aromatic rings. The van der Waals surface area contributed by atoms with E-state index >= 15 is 0 Å². The van der Waals surface area contributed by atoms with Crippen molar-refractivity contribution in [2.75, 3.05) is 19.8 Å². The van der Waals surface area contributed by atoms with Gasteiger partial charge in [0, 0.05) is 66.6 Å². The molecule has 0 radical (unpaired) electrons. The van der Waals surface area contributed by atoms with E-state index in [4.69, 9.17) is 22.4 Å². The Morgan fingerprint density at radius 1 is 0.412 bits per heavy atom. The van der Waals surface area contributed by atoms with Crippen LogP contribution in [-0.4, -0.2) is 39.6 Å². The van der Waals surface area contributed by atoms with Crippen molar-refractivity contribution in [3.63, 3.8) is 0 Å². The highest BCUT2D eigenvalue weighted by Crippen LogP contribution is 2.45. The van der Waals surface area contributed by atoms with Crippen LogP contribution in [0.5, 0.6) is 0 Å². The first-order chi connectivity index (χ1) is 33.3. The summed E-state index contributed by atoms with van der Waals surface area (Å²) in [5.41, 5.74) is 9.44. The average molecular weight is 923 g/mol. The molecule has 0 aliphatic rings. The van der Waals surface area contributed by atoms with Crippen LogP contribution in [0.4, 0.5) is 11.4 Å². The molecule has 0 bridgehead atoms. The van der Waals surface area contributed by atoms with E-state index in [-0.39, 0.29) is 11.4 Å². The van der Waals surface area contributed by atoms with E-state index in [1.165, 1.54) is 22.9 Å². The van der Waals surface area contributed by atoms with Gasteiger partial charge in [0.15, 0.2) is 0 Å². The fourth-order valence-electron chi connectivity index (χ4n) is 8.95. The Morgan fingerprint density at radius 3 is 1.19 bits per heavy atom. The Bertz CT molecular complexity index is 3600. The molecule has 0 amide bonds. The second kappa shape index (κ2) is 18.8. The smallest absolute Gasteiger partial charge is 0.332 e. The van der Waals surface area contributed by atoms with Crippen molar-refractivity contribution in [1.82, 2.24) is 9.97 Å². The molecule has 4 heterocycles. The Balaban J connectivity index is 0.000000133. The summed E-state index contributed by atoms with van der Waals surface area (Å²) in [4.78, 5) is 29.3. The highest BCUT2D eigenvalue weighted by molar-refractivity contribution is 7.41. The lowest BCUT2D eigenvalue weighted by Crippen LogP contribution is -1.94. The number of nitro groups is 2. The first-order valence-electron chi connectivity index (χ1n) is 22.1. The summed E-state index contributed by atoms with van der Waals surface area (Å²) in [5, 5.41) is 31.7. The minimum absolute atomic E-state index is 0.0191.